The molecule has 3 rings (SSSR count). The normalized spacial score (nSPS) is 19.6. The van der Waals surface area contributed by atoms with Crippen LogP contribution in [0.25, 0.3) is 0 Å². The first-order valence-corrected chi connectivity index (χ1v) is 8.69. The first-order valence-electron chi connectivity index (χ1n) is 8.69. The van der Waals surface area contributed by atoms with Crippen molar-refractivity contribution >= 4 is 11.7 Å². The van der Waals surface area contributed by atoms with E-state index in [2.05, 4.69) is 53.4 Å². The minimum Gasteiger partial charge on any atom is -0.310 e. The molecule has 24 heavy (non-hydrogen) atoms. The van der Waals surface area contributed by atoms with Gasteiger partial charge in [-0.2, -0.15) is 5.10 Å². The van der Waals surface area contributed by atoms with Gasteiger partial charge in [0.25, 0.3) is 0 Å². The van der Waals surface area contributed by atoms with Gasteiger partial charge in [-0.05, 0) is 45.2 Å². The lowest BCUT2D eigenvalue weighted by molar-refractivity contribution is -0.120. The number of nitrogens with zero attached hydrogens (tertiary/aromatic N) is 3. The number of hydrogen-bond donors (Lipinski definition) is 1. The number of likely N-dealkylation sites (tertiary alicyclic amines) is 1. The van der Waals surface area contributed by atoms with Crippen molar-refractivity contribution in [3.63, 3.8) is 0 Å². The molecule has 0 saturated carbocycles. The van der Waals surface area contributed by atoms with Crippen LogP contribution in [-0.2, 0) is 4.79 Å². The maximum absolute atomic E-state index is 12.6. The van der Waals surface area contributed by atoms with Crippen molar-refractivity contribution in [3.05, 3.63) is 48.2 Å². The molecular weight excluding hydrogens is 300 g/mol. The number of carbonyl (C=O) groups is 1. The summed E-state index contributed by atoms with van der Waals surface area (Å²) in [5, 5.41) is 7.29. The number of aromatic nitrogens is 2. The summed E-state index contributed by atoms with van der Waals surface area (Å²) in [6.45, 7) is 7.98. The summed E-state index contributed by atoms with van der Waals surface area (Å²) in [4.78, 5) is 14.9. The minimum atomic E-state index is -0.144. The van der Waals surface area contributed by atoms with E-state index in [1.165, 1.54) is 5.56 Å². The Balaban J connectivity index is 1.61. The van der Waals surface area contributed by atoms with Gasteiger partial charge >= 0.3 is 0 Å². The van der Waals surface area contributed by atoms with Crippen LogP contribution in [0.2, 0.25) is 0 Å². The molecule has 128 valence electrons. The highest BCUT2D eigenvalue weighted by atomic mass is 16.2. The molecular formula is C19H26N4O. The number of amides is 1. The second-order valence-corrected chi connectivity index (χ2v) is 6.81. The number of carbonyl (C=O) groups excluding carboxylic acids is 1. The molecule has 1 fully saturated rings. The van der Waals surface area contributed by atoms with Gasteiger partial charge in [-0.3, -0.25) is 9.69 Å². The Labute approximate surface area is 143 Å². The second-order valence-electron chi connectivity index (χ2n) is 6.81. The molecule has 0 radical (unpaired) electrons. The highest BCUT2D eigenvalue weighted by Crippen LogP contribution is 2.28. The van der Waals surface area contributed by atoms with Crippen LogP contribution in [0.4, 0.5) is 5.82 Å². The van der Waals surface area contributed by atoms with E-state index in [0.29, 0.717) is 5.92 Å². The van der Waals surface area contributed by atoms with Crippen LogP contribution in [0.5, 0.6) is 0 Å². The fourth-order valence-electron chi connectivity index (χ4n) is 3.36. The molecule has 0 spiro atoms. The summed E-state index contributed by atoms with van der Waals surface area (Å²) in [7, 11) is 0. The molecule has 1 N–H and O–H groups in total. The largest absolute Gasteiger partial charge is 0.310 e. The molecule has 1 aromatic carbocycles. The maximum atomic E-state index is 12.6. The average Bonchev–Trinajstić information content (AvgIpc) is 3.24. The summed E-state index contributed by atoms with van der Waals surface area (Å²) >= 11 is 0. The van der Waals surface area contributed by atoms with Crippen molar-refractivity contribution in [2.45, 2.75) is 45.2 Å². The lowest BCUT2D eigenvalue weighted by atomic mass is 9.99. The zero-order chi connectivity index (χ0) is 17.1. The van der Waals surface area contributed by atoms with Gasteiger partial charge in [-0.15, -0.1) is 0 Å². The summed E-state index contributed by atoms with van der Waals surface area (Å²) in [5.41, 5.74) is 1.37. The van der Waals surface area contributed by atoms with Gasteiger partial charge in [0.05, 0.1) is 12.2 Å². The number of benzene rings is 1. The van der Waals surface area contributed by atoms with Crippen LogP contribution in [0, 0.1) is 0 Å². The van der Waals surface area contributed by atoms with Crippen LogP contribution < -0.4 is 5.32 Å². The van der Waals surface area contributed by atoms with E-state index >= 15 is 0 Å². The van der Waals surface area contributed by atoms with E-state index in [9.17, 15) is 4.79 Å². The Kier molecular flexibility index (Phi) is 5.00. The third-order valence-electron chi connectivity index (χ3n) is 4.83. The number of anilines is 1. The van der Waals surface area contributed by atoms with Crippen molar-refractivity contribution < 1.29 is 4.79 Å². The molecule has 1 amide bonds. The molecule has 0 aliphatic carbocycles. The van der Waals surface area contributed by atoms with E-state index < -0.39 is 0 Å². The Hall–Kier alpha value is -2.14. The zero-order valence-corrected chi connectivity index (χ0v) is 14.6. The van der Waals surface area contributed by atoms with Crippen molar-refractivity contribution in [2.24, 2.45) is 0 Å². The standard InChI is InChI=1S/C19H26N4O/c1-14(2)23-18(9-11-20-23)21-19(24)15(3)22-12-10-17(13-22)16-7-5-4-6-8-16/h4-9,11,14-15,17H,10,12-13H2,1-3H3,(H,21,24)/t15-,17+/m1/s1. The molecule has 5 heteroatoms. The molecule has 2 atom stereocenters. The smallest absolute Gasteiger partial charge is 0.242 e. The van der Waals surface area contributed by atoms with Gasteiger partial charge in [-0.1, -0.05) is 30.3 Å². The quantitative estimate of drug-likeness (QED) is 0.917. The monoisotopic (exact) mass is 326 g/mol. The third kappa shape index (κ3) is 3.51. The topological polar surface area (TPSA) is 50.2 Å². The fraction of sp³-hybridized carbons (Fsp3) is 0.474. The predicted octanol–water partition coefficient (Wildman–Crippen LogP) is 3.28. The molecule has 2 heterocycles. The van der Waals surface area contributed by atoms with Crippen molar-refractivity contribution in [1.29, 1.82) is 0 Å². The molecule has 2 aromatic rings. The van der Waals surface area contributed by atoms with Gasteiger partial charge in [0, 0.05) is 18.7 Å². The van der Waals surface area contributed by atoms with Gasteiger partial charge < -0.3 is 5.32 Å². The number of rotatable bonds is 5. The second kappa shape index (κ2) is 7.18. The molecule has 0 bridgehead atoms. The molecule has 1 aliphatic heterocycles. The van der Waals surface area contributed by atoms with Gasteiger partial charge in [-0.25, -0.2) is 4.68 Å². The van der Waals surface area contributed by atoms with Crippen molar-refractivity contribution in [3.8, 4) is 0 Å². The molecule has 1 saturated heterocycles. The van der Waals surface area contributed by atoms with Crippen molar-refractivity contribution in [2.75, 3.05) is 18.4 Å². The van der Waals surface area contributed by atoms with Crippen LogP contribution in [-0.4, -0.2) is 39.7 Å². The van der Waals surface area contributed by atoms with Crippen LogP contribution in [0.3, 0.4) is 0 Å². The van der Waals surface area contributed by atoms with E-state index in [0.717, 1.165) is 25.3 Å². The van der Waals surface area contributed by atoms with E-state index in [-0.39, 0.29) is 18.0 Å². The first kappa shape index (κ1) is 16.7. The first-order chi connectivity index (χ1) is 11.6. The molecule has 1 aliphatic rings. The summed E-state index contributed by atoms with van der Waals surface area (Å²) in [6, 6.07) is 12.5. The predicted molar refractivity (Wildman–Crippen MR) is 96.1 cm³/mol. The van der Waals surface area contributed by atoms with E-state index in [1.807, 2.05) is 23.7 Å². The van der Waals surface area contributed by atoms with Gasteiger partial charge in [0.1, 0.15) is 5.82 Å². The SMILES string of the molecule is CC(C)n1nccc1NC(=O)[C@@H](C)N1CC[C@H](c2ccccc2)C1. The Morgan fingerprint density at radius 3 is 2.67 bits per heavy atom. The fourth-order valence-corrected chi connectivity index (χ4v) is 3.36. The van der Waals surface area contributed by atoms with Gasteiger partial charge in [0.15, 0.2) is 0 Å². The zero-order valence-electron chi connectivity index (χ0n) is 14.6. The summed E-state index contributed by atoms with van der Waals surface area (Å²) < 4.78 is 1.83. The van der Waals surface area contributed by atoms with Crippen LogP contribution >= 0.6 is 0 Å². The van der Waals surface area contributed by atoms with Crippen molar-refractivity contribution in [1.82, 2.24) is 14.7 Å². The summed E-state index contributed by atoms with van der Waals surface area (Å²) in [5.74, 6) is 1.31. The Morgan fingerprint density at radius 1 is 1.21 bits per heavy atom. The maximum Gasteiger partial charge on any atom is 0.242 e. The number of nitrogens with one attached hydrogen (secondary N) is 1. The third-order valence-corrected chi connectivity index (χ3v) is 4.83. The Morgan fingerprint density at radius 2 is 1.96 bits per heavy atom. The van der Waals surface area contributed by atoms with Gasteiger partial charge in [0.2, 0.25) is 5.91 Å². The highest BCUT2D eigenvalue weighted by molar-refractivity contribution is 5.93. The Bertz CT molecular complexity index is 680. The highest BCUT2D eigenvalue weighted by Gasteiger charge is 2.30. The number of hydrogen-bond acceptors (Lipinski definition) is 3. The molecule has 5 nitrogen and oxygen atoms in total. The van der Waals surface area contributed by atoms with E-state index in [4.69, 9.17) is 0 Å². The lowest BCUT2D eigenvalue weighted by Crippen LogP contribution is -2.41. The van der Waals surface area contributed by atoms with Crippen LogP contribution in [0.1, 0.15) is 44.7 Å². The lowest BCUT2D eigenvalue weighted by Gasteiger charge is -2.24. The molecule has 1 aromatic heterocycles. The summed E-state index contributed by atoms with van der Waals surface area (Å²) in [6.07, 6.45) is 2.83. The van der Waals surface area contributed by atoms with E-state index in [1.54, 1.807) is 6.20 Å². The van der Waals surface area contributed by atoms with Crippen LogP contribution in [0.15, 0.2) is 42.6 Å². The average molecular weight is 326 g/mol. The minimum absolute atomic E-state index is 0.0334. The molecule has 0 unspecified atom stereocenters.